The lowest BCUT2D eigenvalue weighted by molar-refractivity contribution is -0.168. The molecule has 0 N–H and O–H groups in total. The maximum Gasteiger partial charge on any atom is 0.176 e. The van der Waals surface area contributed by atoms with Crippen LogP contribution in [-0.2, 0) is 9.59 Å². The Hall–Kier alpha value is -2.29. The highest BCUT2D eigenvalue weighted by Crippen LogP contribution is 2.74. The van der Waals surface area contributed by atoms with Crippen molar-refractivity contribution in [2.24, 2.45) is 56.7 Å². The van der Waals surface area contributed by atoms with Crippen LogP contribution in [0.3, 0.4) is 0 Å². The molecule has 0 aliphatic heterocycles. The molecule has 0 heterocycles. The van der Waals surface area contributed by atoms with Gasteiger partial charge in [0, 0.05) is 16.9 Å². The van der Waals surface area contributed by atoms with Gasteiger partial charge in [0.1, 0.15) is 0 Å². The molecular formula is C36H46O3. The molecular weight excluding hydrogens is 480 g/mol. The third-order valence-corrected chi connectivity index (χ3v) is 13.6. The number of Topliss-reactive ketones (excluding diaryl/α,β-unsaturated/α-hetero) is 1. The van der Waals surface area contributed by atoms with Crippen molar-refractivity contribution in [3.8, 4) is 0 Å². The van der Waals surface area contributed by atoms with Crippen LogP contribution >= 0.6 is 0 Å². The minimum absolute atomic E-state index is 0.0653. The monoisotopic (exact) mass is 526 g/mol. The number of carbonyl (C=O) groups excluding carboxylic acids is 3. The number of hydrogen-bond acceptors (Lipinski definition) is 3. The largest absolute Gasteiger partial charge is 0.294 e. The topological polar surface area (TPSA) is 51.2 Å². The average Bonchev–Trinajstić information content (AvgIpc) is 2.90. The highest BCUT2D eigenvalue weighted by atomic mass is 16.2. The predicted molar refractivity (Wildman–Crippen MR) is 155 cm³/mol. The van der Waals surface area contributed by atoms with Gasteiger partial charge in [0.25, 0.3) is 0 Å². The molecule has 3 fully saturated rings. The van der Waals surface area contributed by atoms with Crippen molar-refractivity contribution in [2.45, 2.75) is 87.0 Å². The molecule has 5 aliphatic rings. The lowest BCUT2D eigenvalue weighted by Gasteiger charge is -2.69. The minimum Gasteiger partial charge on any atom is -0.294 e. The number of ketones is 3. The van der Waals surface area contributed by atoms with Crippen molar-refractivity contribution in [1.82, 2.24) is 0 Å². The van der Waals surface area contributed by atoms with Gasteiger partial charge in [0.05, 0.1) is 5.41 Å². The Balaban J connectivity index is 1.48. The van der Waals surface area contributed by atoms with Crippen molar-refractivity contribution < 1.29 is 14.4 Å². The van der Waals surface area contributed by atoms with Gasteiger partial charge in [0.15, 0.2) is 17.3 Å². The van der Waals surface area contributed by atoms with Gasteiger partial charge >= 0.3 is 0 Å². The van der Waals surface area contributed by atoms with Crippen LogP contribution in [0.25, 0.3) is 0 Å². The second kappa shape index (κ2) is 8.37. The van der Waals surface area contributed by atoms with Crippen molar-refractivity contribution in [3.05, 3.63) is 59.7 Å². The molecule has 208 valence electrons. The van der Waals surface area contributed by atoms with Gasteiger partial charge in [-0.25, -0.2) is 0 Å². The molecule has 10 atom stereocenters. The van der Waals surface area contributed by atoms with E-state index in [1.54, 1.807) is 6.08 Å². The second-order valence-corrected chi connectivity index (χ2v) is 15.2. The molecule has 39 heavy (non-hydrogen) atoms. The normalized spacial score (nSPS) is 48.8. The van der Waals surface area contributed by atoms with Crippen LogP contribution in [0.5, 0.6) is 0 Å². The molecule has 1 aromatic rings. The number of carbonyl (C=O) groups is 3. The summed E-state index contributed by atoms with van der Waals surface area (Å²) in [5, 5.41) is 0. The van der Waals surface area contributed by atoms with Crippen LogP contribution in [-0.4, -0.2) is 17.3 Å². The summed E-state index contributed by atoms with van der Waals surface area (Å²) in [7, 11) is 0. The van der Waals surface area contributed by atoms with Crippen LogP contribution in [0, 0.1) is 56.7 Å². The van der Waals surface area contributed by atoms with E-state index in [1.165, 1.54) is 24.8 Å². The van der Waals surface area contributed by atoms with Crippen molar-refractivity contribution in [1.29, 1.82) is 0 Å². The van der Waals surface area contributed by atoms with Crippen molar-refractivity contribution in [3.63, 3.8) is 0 Å². The van der Waals surface area contributed by atoms with E-state index < -0.39 is 10.8 Å². The minimum atomic E-state index is -1.17. The first-order valence-electron chi connectivity index (χ1n) is 15.3. The van der Waals surface area contributed by atoms with Crippen LogP contribution in [0.1, 0.15) is 97.3 Å². The summed E-state index contributed by atoms with van der Waals surface area (Å²) in [4.78, 5) is 42.2. The van der Waals surface area contributed by atoms with E-state index in [0.29, 0.717) is 23.3 Å². The SMILES string of the molecule is CC1CCC2(C)CCC3(C)C(=CC(=O)C4C5(C)C=CC(=O)C(C)(C(=O)c6ccccc6)C5CCC43C)C2C1C. The van der Waals surface area contributed by atoms with E-state index in [9.17, 15) is 14.4 Å². The first kappa shape index (κ1) is 26.9. The molecule has 0 spiro atoms. The molecule has 0 aromatic heterocycles. The molecule has 0 amide bonds. The number of allylic oxidation sites excluding steroid dienone is 4. The quantitative estimate of drug-likeness (QED) is 0.289. The zero-order valence-electron chi connectivity index (χ0n) is 25.0. The van der Waals surface area contributed by atoms with E-state index in [1.807, 2.05) is 43.3 Å². The number of hydrogen-bond donors (Lipinski definition) is 0. The average molecular weight is 527 g/mol. The fourth-order valence-corrected chi connectivity index (χ4v) is 10.9. The Morgan fingerprint density at radius 3 is 2.26 bits per heavy atom. The van der Waals surface area contributed by atoms with E-state index in [0.717, 1.165) is 19.3 Å². The highest BCUT2D eigenvalue weighted by Gasteiger charge is 2.71. The molecule has 1 aromatic carbocycles. The van der Waals surface area contributed by atoms with Gasteiger partial charge < -0.3 is 0 Å². The van der Waals surface area contributed by atoms with E-state index >= 15 is 0 Å². The van der Waals surface area contributed by atoms with Crippen molar-refractivity contribution in [2.75, 3.05) is 0 Å². The summed E-state index contributed by atoms with van der Waals surface area (Å²) in [6.07, 6.45) is 12.2. The van der Waals surface area contributed by atoms with Crippen LogP contribution < -0.4 is 0 Å². The van der Waals surface area contributed by atoms with Crippen LogP contribution in [0.4, 0.5) is 0 Å². The molecule has 10 unspecified atom stereocenters. The molecule has 6 rings (SSSR count). The maximum atomic E-state index is 14.5. The molecule has 3 heteroatoms. The summed E-state index contributed by atoms with van der Waals surface area (Å²) in [6.45, 7) is 16.2. The zero-order chi connectivity index (χ0) is 28.2. The number of rotatable bonds is 2. The smallest absolute Gasteiger partial charge is 0.176 e. The Bertz CT molecular complexity index is 1310. The number of benzene rings is 1. The third kappa shape index (κ3) is 3.25. The summed E-state index contributed by atoms with van der Waals surface area (Å²) >= 11 is 0. The van der Waals surface area contributed by atoms with Gasteiger partial charge in [-0.15, -0.1) is 0 Å². The Kier molecular flexibility index (Phi) is 5.77. The Morgan fingerprint density at radius 2 is 1.56 bits per heavy atom. The van der Waals surface area contributed by atoms with Gasteiger partial charge in [-0.3, -0.25) is 14.4 Å². The van der Waals surface area contributed by atoms with Gasteiger partial charge in [-0.2, -0.15) is 0 Å². The number of fused-ring (bicyclic) bond motifs is 7. The third-order valence-electron chi connectivity index (χ3n) is 13.6. The van der Waals surface area contributed by atoms with E-state index in [-0.39, 0.29) is 45.4 Å². The first-order chi connectivity index (χ1) is 18.2. The van der Waals surface area contributed by atoms with E-state index in [4.69, 9.17) is 0 Å². The Labute approximate surface area is 234 Å². The fourth-order valence-electron chi connectivity index (χ4n) is 10.9. The molecule has 0 saturated heterocycles. The lowest BCUT2D eigenvalue weighted by atomic mass is 9.33. The second-order valence-electron chi connectivity index (χ2n) is 15.2. The molecule has 5 aliphatic carbocycles. The summed E-state index contributed by atoms with van der Waals surface area (Å²) in [5.41, 5.74) is 0.243. The zero-order valence-corrected chi connectivity index (χ0v) is 25.0. The molecule has 0 bridgehead atoms. The van der Waals surface area contributed by atoms with Crippen molar-refractivity contribution >= 4 is 17.3 Å². The van der Waals surface area contributed by atoms with E-state index in [2.05, 4.69) is 47.6 Å². The predicted octanol–water partition coefficient (Wildman–Crippen LogP) is 8.05. The van der Waals surface area contributed by atoms with Gasteiger partial charge in [0.2, 0.25) is 0 Å². The molecule has 3 saturated carbocycles. The summed E-state index contributed by atoms with van der Waals surface area (Å²) in [5.74, 6) is 1.21. The van der Waals surface area contributed by atoms with Gasteiger partial charge in [-0.05, 0) is 97.5 Å². The Morgan fingerprint density at radius 1 is 0.872 bits per heavy atom. The lowest BCUT2D eigenvalue weighted by Crippen LogP contribution is -2.66. The maximum absolute atomic E-state index is 14.5. The summed E-state index contributed by atoms with van der Waals surface area (Å²) in [6, 6.07) is 9.25. The highest BCUT2D eigenvalue weighted by molar-refractivity contribution is 6.18. The van der Waals surface area contributed by atoms with Crippen LogP contribution in [0.2, 0.25) is 0 Å². The van der Waals surface area contributed by atoms with Crippen LogP contribution in [0.15, 0.2) is 54.1 Å². The molecule has 0 radical (unpaired) electrons. The summed E-state index contributed by atoms with van der Waals surface area (Å²) < 4.78 is 0. The standard InChI is InChI=1S/C36H46O3/c1-22-13-16-32(3)19-20-34(5)25(29(32)23(22)2)21-26(37)30-33(4)17-15-28(38)36(7,27(33)14-18-35(30,34)6)31(39)24-11-9-8-10-12-24/h8-12,15,17,21-23,27,29-30H,13-14,16,18-20H2,1-7H3. The fraction of sp³-hybridized carbons (Fsp3) is 0.639. The van der Waals surface area contributed by atoms with Gasteiger partial charge in [-0.1, -0.05) is 83.5 Å². The first-order valence-corrected chi connectivity index (χ1v) is 15.3. The molecule has 3 nitrogen and oxygen atoms in total.